The molecular weight excluding hydrogens is 374 g/mol. The number of anilines is 1. The van der Waals surface area contributed by atoms with Gasteiger partial charge in [-0.15, -0.1) is 0 Å². The van der Waals surface area contributed by atoms with E-state index in [-0.39, 0.29) is 5.69 Å². The second kappa shape index (κ2) is 7.96. The van der Waals surface area contributed by atoms with Crippen molar-refractivity contribution in [1.82, 2.24) is 9.97 Å². The van der Waals surface area contributed by atoms with Crippen LogP contribution in [-0.4, -0.2) is 34.6 Å². The molecule has 0 spiro atoms. The molecule has 8 nitrogen and oxygen atoms in total. The van der Waals surface area contributed by atoms with Crippen molar-refractivity contribution in [3.63, 3.8) is 0 Å². The van der Waals surface area contributed by atoms with Gasteiger partial charge in [0, 0.05) is 10.7 Å². The highest BCUT2D eigenvalue weighted by molar-refractivity contribution is 6.30. The maximum atomic E-state index is 12.0. The van der Waals surface area contributed by atoms with E-state index in [1.54, 1.807) is 42.5 Å². The molecule has 0 aliphatic rings. The minimum atomic E-state index is -0.889. The third-order valence-electron chi connectivity index (χ3n) is 3.60. The van der Waals surface area contributed by atoms with Crippen LogP contribution in [0.3, 0.4) is 0 Å². The first-order chi connectivity index (χ1) is 12.9. The van der Waals surface area contributed by atoms with E-state index in [0.717, 1.165) is 0 Å². The van der Waals surface area contributed by atoms with Gasteiger partial charge >= 0.3 is 11.7 Å². The lowest BCUT2D eigenvalue weighted by atomic mass is 10.3. The van der Waals surface area contributed by atoms with Gasteiger partial charge < -0.3 is 24.8 Å². The topological polar surface area (TPSA) is 113 Å². The Morgan fingerprint density at radius 3 is 2.56 bits per heavy atom. The van der Waals surface area contributed by atoms with Crippen LogP contribution in [0, 0.1) is 0 Å². The third-order valence-corrected chi connectivity index (χ3v) is 3.86. The molecule has 0 bridgehead atoms. The van der Waals surface area contributed by atoms with Crippen LogP contribution < -0.4 is 15.7 Å². The Bertz CT molecular complexity index is 1030. The van der Waals surface area contributed by atoms with Gasteiger partial charge in [-0.25, -0.2) is 9.59 Å². The highest BCUT2D eigenvalue weighted by Gasteiger charge is 2.18. The van der Waals surface area contributed by atoms with Crippen molar-refractivity contribution in [2.45, 2.75) is 13.0 Å². The van der Waals surface area contributed by atoms with Crippen molar-refractivity contribution < 1.29 is 19.1 Å². The zero-order valence-electron chi connectivity index (χ0n) is 14.2. The van der Waals surface area contributed by atoms with Gasteiger partial charge in [0.25, 0.3) is 5.91 Å². The Hall–Kier alpha value is -3.26. The molecule has 0 aliphatic carbocycles. The zero-order chi connectivity index (χ0) is 19.4. The van der Waals surface area contributed by atoms with Crippen LogP contribution in [0.4, 0.5) is 5.69 Å². The lowest BCUT2D eigenvalue weighted by molar-refractivity contribution is -0.153. The van der Waals surface area contributed by atoms with Gasteiger partial charge in [-0.05, 0) is 49.4 Å². The molecule has 1 aromatic heterocycles. The second-order valence-electron chi connectivity index (χ2n) is 5.71. The normalized spacial score (nSPS) is 11.8. The van der Waals surface area contributed by atoms with Crippen molar-refractivity contribution in [3.8, 4) is 5.75 Å². The Morgan fingerprint density at radius 2 is 1.81 bits per heavy atom. The summed E-state index contributed by atoms with van der Waals surface area (Å²) >= 11 is 5.78. The molecule has 3 aromatic rings. The fourth-order valence-corrected chi connectivity index (χ4v) is 2.45. The monoisotopic (exact) mass is 389 g/mol. The molecule has 0 saturated carbocycles. The lowest BCUT2D eigenvalue weighted by Crippen LogP contribution is -2.29. The number of benzene rings is 2. The van der Waals surface area contributed by atoms with Crippen LogP contribution in [0.2, 0.25) is 5.02 Å². The number of halogens is 1. The van der Waals surface area contributed by atoms with Crippen molar-refractivity contribution in [1.29, 1.82) is 0 Å². The van der Waals surface area contributed by atoms with Crippen LogP contribution in [0.15, 0.2) is 47.3 Å². The molecule has 0 radical (unpaired) electrons. The summed E-state index contributed by atoms with van der Waals surface area (Å²) in [6.45, 7) is 1.06. The second-order valence-corrected chi connectivity index (χ2v) is 6.15. The SMILES string of the molecule is CC(Oc1ccc(Cl)cc1)C(=O)OCC(=O)Nc1ccc2[nH]c(=O)[nH]c2c1. The molecule has 2 aromatic carbocycles. The van der Waals surface area contributed by atoms with E-state index in [1.165, 1.54) is 6.92 Å². The molecular formula is C18H16ClN3O5. The minimum Gasteiger partial charge on any atom is -0.479 e. The third kappa shape index (κ3) is 4.89. The van der Waals surface area contributed by atoms with Gasteiger partial charge in [-0.1, -0.05) is 11.6 Å². The number of aromatic nitrogens is 2. The summed E-state index contributed by atoms with van der Waals surface area (Å²) in [5.74, 6) is -0.730. The lowest BCUT2D eigenvalue weighted by Gasteiger charge is -2.14. The zero-order valence-corrected chi connectivity index (χ0v) is 15.0. The molecule has 3 N–H and O–H groups in total. The number of esters is 1. The molecule has 140 valence electrons. The van der Waals surface area contributed by atoms with Crippen LogP contribution in [0.25, 0.3) is 11.0 Å². The summed E-state index contributed by atoms with van der Waals surface area (Å²) < 4.78 is 10.4. The Labute approximate surface area is 158 Å². The Morgan fingerprint density at radius 1 is 1.11 bits per heavy atom. The van der Waals surface area contributed by atoms with Crippen LogP contribution in [0.5, 0.6) is 5.75 Å². The summed E-state index contributed by atoms with van der Waals surface area (Å²) in [4.78, 5) is 40.3. The smallest absolute Gasteiger partial charge is 0.347 e. The van der Waals surface area contributed by atoms with E-state index in [0.29, 0.717) is 27.5 Å². The number of imidazole rings is 1. The maximum absolute atomic E-state index is 12.0. The highest BCUT2D eigenvalue weighted by atomic mass is 35.5. The average Bonchev–Trinajstić information content (AvgIpc) is 3.00. The number of rotatable bonds is 6. The number of aromatic amines is 2. The number of hydrogen-bond acceptors (Lipinski definition) is 5. The Balaban J connectivity index is 1.50. The molecule has 9 heteroatoms. The van der Waals surface area contributed by atoms with E-state index in [2.05, 4.69) is 15.3 Å². The number of hydrogen-bond donors (Lipinski definition) is 3. The van der Waals surface area contributed by atoms with Gasteiger partial charge in [0.1, 0.15) is 5.75 Å². The highest BCUT2D eigenvalue weighted by Crippen LogP contribution is 2.17. The number of carbonyl (C=O) groups excluding carboxylic acids is 2. The van der Waals surface area contributed by atoms with Crippen molar-refractivity contribution in [2.75, 3.05) is 11.9 Å². The molecule has 1 atom stereocenters. The van der Waals surface area contributed by atoms with E-state index >= 15 is 0 Å². The minimum absolute atomic E-state index is 0.336. The quantitative estimate of drug-likeness (QED) is 0.560. The first-order valence-corrected chi connectivity index (χ1v) is 8.39. The van der Waals surface area contributed by atoms with Crippen LogP contribution >= 0.6 is 11.6 Å². The molecule has 0 aliphatic heterocycles. The van der Waals surface area contributed by atoms with Gasteiger partial charge in [-0.3, -0.25) is 4.79 Å². The average molecular weight is 390 g/mol. The standard InChI is InChI=1S/C18H16ClN3O5/c1-10(27-13-5-2-11(19)3-6-13)17(24)26-9-16(23)20-12-4-7-14-15(8-12)22-18(25)21-14/h2-8,10H,9H2,1H3,(H,20,23)(H2,21,22,25). The fraction of sp³-hybridized carbons (Fsp3) is 0.167. The number of ether oxygens (including phenoxy) is 2. The fourth-order valence-electron chi connectivity index (χ4n) is 2.33. The maximum Gasteiger partial charge on any atom is 0.347 e. The number of carbonyl (C=O) groups is 2. The molecule has 1 heterocycles. The predicted octanol–water partition coefficient (Wildman–Crippen LogP) is 2.46. The largest absolute Gasteiger partial charge is 0.479 e. The first kappa shape index (κ1) is 18.5. The van der Waals surface area contributed by atoms with Gasteiger partial charge in [0.15, 0.2) is 12.7 Å². The van der Waals surface area contributed by atoms with Crippen molar-refractivity contribution in [3.05, 3.63) is 58.0 Å². The summed E-state index contributed by atoms with van der Waals surface area (Å²) in [5.41, 5.74) is 1.30. The van der Waals surface area contributed by atoms with Crippen LogP contribution in [-0.2, 0) is 14.3 Å². The molecule has 0 fully saturated rings. The summed E-state index contributed by atoms with van der Waals surface area (Å²) in [7, 11) is 0. The number of fused-ring (bicyclic) bond motifs is 1. The Kier molecular flexibility index (Phi) is 5.46. The molecule has 1 amide bonds. The molecule has 27 heavy (non-hydrogen) atoms. The number of H-pyrrole nitrogens is 2. The molecule has 1 unspecified atom stereocenters. The van der Waals surface area contributed by atoms with E-state index < -0.39 is 24.6 Å². The molecule has 3 rings (SSSR count). The summed E-state index contributed by atoms with van der Waals surface area (Å²) in [6, 6.07) is 11.4. The van der Waals surface area contributed by atoms with Crippen molar-refractivity contribution >= 4 is 40.2 Å². The number of nitrogens with one attached hydrogen (secondary N) is 3. The first-order valence-electron chi connectivity index (χ1n) is 8.01. The van der Waals surface area contributed by atoms with E-state index in [9.17, 15) is 14.4 Å². The summed E-state index contributed by atoms with van der Waals surface area (Å²) in [5, 5.41) is 3.14. The van der Waals surface area contributed by atoms with E-state index in [4.69, 9.17) is 21.1 Å². The van der Waals surface area contributed by atoms with Crippen LogP contribution in [0.1, 0.15) is 6.92 Å². The predicted molar refractivity (Wildman–Crippen MR) is 100 cm³/mol. The van der Waals surface area contributed by atoms with Gasteiger partial charge in [0.05, 0.1) is 11.0 Å². The summed E-state index contributed by atoms with van der Waals surface area (Å²) in [6.07, 6.45) is -0.889. The number of amides is 1. The van der Waals surface area contributed by atoms with Gasteiger partial charge in [-0.2, -0.15) is 0 Å². The van der Waals surface area contributed by atoms with Gasteiger partial charge in [0.2, 0.25) is 0 Å². The molecule has 0 saturated heterocycles. The van der Waals surface area contributed by atoms with E-state index in [1.807, 2.05) is 0 Å². The van der Waals surface area contributed by atoms with Crippen molar-refractivity contribution in [2.24, 2.45) is 0 Å².